The van der Waals surface area contributed by atoms with Gasteiger partial charge in [-0.1, -0.05) is 6.08 Å². The summed E-state index contributed by atoms with van der Waals surface area (Å²) >= 11 is 0. The molecule has 0 fully saturated rings. The molecule has 5 nitrogen and oxygen atoms in total. The number of hydrogen-bond donors (Lipinski definition) is 0. The predicted octanol–water partition coefficient (Wildman–Crippen LogP) is -4.15. The maximum atomic E-state index is 10.6. The largest absolute Gasteiger partial charge is 1.00 e. The molecular weight excluding hydrogens is 231 g/mol. The van der Waals surface area contributed by atoms with Crippen molar-refractivity contribution in [3.63, 3.8) is 0 Å². The molecule has 0 aromatic carbocycles. The Morgan fingerprint density at radius 2 is 1.92 bits per heavy atom. The molecule has 0 aromatic rings. The van der Waals surface area contributed by atoms with Crippen LogP contribution in [0, 0.1) is 0 Å². The van der Waals surface area contributed by atoms with Gasteiger partial charge in [-0.05, 0) is 0 Å². The maximum absolute atomic E-state index is 10.6. The van der Waals surface area contributed by atoms with E-state index in [1.807, 2.05) is 0 Å². The van der Waals surface area contributed by atoms with E-state index in [4.69, 9.17) is 0 Å². The monoisotopic (exact) mass is 236 g/mol. The molecule has 64 valence electrons. The van der Waals surface area contributed by atoms with Crippen LogP contribution in [-0.4, -0.2) is 32.4 Å². The average molecular weight is 236 g/mol. The van der Waals surface area contributed by atoms with Gasteiger partial charge in [0.1, 0.15) is 10.1 Å². The minimum absolute atomic E-state index is 0. The second kappa shape index (κ2) is 4.18. The van der Waals surface area contributed by atoms with E-state index in [0.29, 0.717) is 0 Å². The minimum atomic E-state index is -4.49. The van der Waals surface area contributed by atoms with Crippen LogP contribution in [0.25, 0.3) is 0 Å². The van der Waals surface area contributed by atoms with Gasteiger partial charge in [-0.25, -0.2) is 16.8 Å². The summed E-state index contributed by atoms with van der Waals surface area (Å²) in [7, 11) is -7.93. The van der Waals surface area contributed by atoms with E-state index in [0.717, 1.165) is 11.5 Å². The topological polar surface area (TPSA) is 91.3 Å². The van der Waals surface area contributed by atoms with Crippen molar-refractivity contribution in [2.45, 2.75) is 5.25 Å². The van der Waals surface area contributed by atoms with Crippen LogP contribution in [0.4, 0.5) is 0 Å². The maximum Gasteiger partial charge on any atom is 1.00 e. The summed E-state index contributed by atoms with van der Waals surface area (Å²) in [4.78, 5) is 0. The van der Waals surface area contributed by atoms with Crippen molar-refractivity contribution >= 4 is 20.0 Å². The zero-order valence-electron chi connectivity index (χ0n) is 6.30. The third-order valence-corrected chi connectivity index (χ3v) is 3.94. The fourth-order valence-corrected chi connectivity index (χ4v) is 3.44. The van der Waals surface area contributed by atoms with Gasteiger partial charge in [-0.15, -0.1) is 0 Å². The SMILES string of the molecule is O=S1(=O)C=CC(S(=O)(=O)[O-])C1.[K+]. The first-order valence-corrected chi connectivity index (χ1v) is 5.86. The Labute approximate surface area is 113 Å². The molecule has 1 aliphatic heterocycles. The van der Waals surface area contributed by atoms with Crippen molar-refractivity contribution in [3.05, 3.63) is 11.5 Å². The molecule has 1 aliphatic rings. The van der Waals surface area contributed by atoms with Crippen LogP contribution in [0.3, 0.4) is 0 Å². The van der Waals surface area contributed by atoms with Gasteiger partial charge in [0.15, 0.2) is 9.84 Å². The van der Waals surface area contributed by atoms with Crippen molar-refractivity contribution in [2.24, 2.45) is 0 Å². The van der Waals surface area contributed by atoms with Crippen LogP contribution in [-0.2, 0) is 20.0 Å². The van der Waals surface area contributed by atoms with Crippen molar-refractivity contribution < 1.29 is 72.8 Å². The van der Waals surface area contributed by atoms with Gasteiger partial charge < -0.3 is 4.55 Å². The van der Waals surface area contributed by atoms with Crippen LogP contribution in [0.5, 0.6) is 0 Å². The fourth-order valence-electron chi connectivity index (χ4n) is 0.727. The van der Waals surface area contributed by atoms with Crippen LogP contribution in [0.15, 0.2) is 11.5 Å². The summed E-state index contributed by atoms with van der Waals surface area (Å²) in [6.45, 7) is 0. The van der Waals surface area contributed by atoms with Crippen LogP contribution >= 0.6 is 0 Å². The summed E-state index contributed by atoms with van der Waals surface area (Å²) in [5, 5.41) is -0.639. The molecule has 8 heteroatoms. The molecule has 1 unspecified atom stereocenters. The summed E-state index contributed by atoms with van der Waals surface area (Å²) in [5.41, 5.74) is 0. The summed E-state index contributed by atoms with van der Waals surface area (Å²) in [5.74, 6) is -0.612. The molecule has 1 heterocycles. The van der Waals surface area contributed by atoms with Crippen molar-refractivity contribution in [3.8, 4) is 0 Å². The van der Waals surface area contributed by atoms with Gasteiger partial charge in [0.2, 0.25) is 0 Å². The average Bonchev–Trinajstić information content (AvgIpc) is 2.07. The zero-order valence-corrected chi connectivity index (χ0v) is 11.1. The van der Waals surface area contributed by atoms with Crippen LogP contribution in [0.2, 0.25) is 0 Å². The molecule has 0 aliphatic carbocycles. The van der Waals surface area contributed by atoms with Crippen molar-refractivity contribution in [1.29, 1.82) is 0 Å². The molecule has 0 saturated carbocycles. The molecule has 0 radical (unpaired) electrons. The molecule has 0 amide bonds. The smallest absolute Gasteiger partial charge is 0.747 e. The standard InChI is InChI=1S/C4H6O5S2.K/c5-10(6)2-1-4(3-10)11(7,8)9;/h1-2,4H,3H2,(H,7,8,9);/q;+1/p-1. The van der Waals surface area contributed by atoms with Crippen molar-refractivity contribution in [1.82, 2.24) is 0 Å². The molecule has 0 N–H and O–H groups in total. The summed E-state index contributed by atoms with van der Waals surface area (Å²) < 4.78 is 51.9. The van der Waals surface area contributed by atoms with Crippen LogP contribution in [0.1, 0.15) is 0 Å². The molecule has 0 spiro atoms. The van der Waals surface area contributed by atoms with Gasteiger partial charge in [-0.3, -0.25) is 0 Å². The Hall–Kier alpha value is 1.24. The predicted molar refractivity (Wildman–Crippen MR) is 36.4 cm³/mol. The van der Waals surface area contributed by atoms with E-state index in [1.165, 1.54) is 0 Å². The second-order valence-corrected chi connectivity index (χ2v) is 5.71. The molecule has 1 rings (SSSR count). The Morgan fingerprint density at radius 1 is 1.42 bits per heavy atom. The molecule has 12 heavy (non-hydrogen) atoms. The van der Waals surface area contributed by atoms with Crippen LogP contribution < -0.4 is 51.4 Å². The van der Waals surface area contributed by atoms with E-state index < -0.39 is 31.0 Å². The third kappa shape index (κ3) is 3.54. The first-order chi connectivity index (χ1) is 4.81. The third-order valence-electron chi connectivity index (χ3n) is 1.27. The number of sulfone groups is 1. The second-order valence-electron chi connectivity index (χ2n) is 2.19. The molecule has 0 bridgehead atoms. The first kappa shape index (κ1) is 13.2. The zero-order chi connectivity index (χ0) is 8.70. The summed E-state index contributed by atoms with van der Waals surface area (Å²) in [6.07, 6.45) is 0.900. The summed E-state index contributed by atoms with van der Waals surface area (Å²) in [6, 6.07) is 0. The fraction of sp³-hybridized carbons (Fsp3) is 0.500. The quantitative estimate of drug-likeness (QED) is 0.340. The molecule has 1 atom stereocenters. The molecular formula is C4H5KO5S2. The number of rotatable bonds is 1. The van der Waals surface area contributed by atoms with E-state index >= 15 is 0 Å². The van der Waals surface area contributed by atoms with E-state index in [9.17, 15) is 21.4 Å². The Balaban J connectivity index is 0.00000121. The molecule has 0 saturated heterocycles. The van der Waals surface area contributed by atoms with E-state index in [1.54, 1.807) is 0 Å². The minimum Gasteiger partial charge on any atom is -0.747 e. The van der Waals surface area contributed by atoms with Gasteiger partial charge in [-0.2, -0.15) is 0 Å². The Morgan fingerprint density at radius 3 is 2.08 bits per heavy atom. The van der Waals surface area contributed by atoms with E-state index in [2.05, 4.69) is 0 Å². The van der Waals surface area contributed by atoms with Gasteiger partial charge in [0.05, 0.1) is 11.0 Å². The van der Waals surface area contributed by atoms with Gasteiger partial charge in [0, 0.05) is 5.41 Å². The number of hydrogen-bond acceptors (Lipinski definition) is 5. The Kier molecular flexibility index (Phi) is 4.61. The van der Waals surface area contributed by atoms with E-state index in [-0.39, 0.29) is 51.4 Å². The first-order valence-electron chi connectivity index (χ1n) is 2.67. The van der Waals surface area contributed by atoms with Gasteiger partial charge in [0.25, 0.3) is 0 Å². The van der Waals surface area contributed by atoms with Crippen molar-refractivity contribution in [2.75, 3.05) is 5.75 Å². The Bertz CT molecular complexity index is 378. The van der Waals surface area contributed by atoms with Gasteiger partial charge >= 0.3 is 51.4 Å². The normalized spacial score (nSPS) is 26.6. The molecule has 0 aromatic heterocycles.